The van der Waals surface area contributed by atoms with Crippen molar-refractivity contribution in [3.63, 3.8) is 0 Å². The van der Waals surface area contributed by atoms with Crippen LogP contribution in [0.25, 0.3) is 11.0 Å². The topological polar surface area (TPSA) is 67.9 Å². The second-order valence-corrected chi connectivity index (χ2v) is 5.01. The fourth-order valence-electron chi connectivity index (χ4n) is 1.98. The van der Waals surface area contributed by atoms with Gasteiger partial charge in [0.25, 0.3) is 0 Å². The standard InChI is InChI=1S/C15H13N5S/c1-20(11-8-6-10(7-9-11)14(16)21)15-17-12-4-2-3-5-13(12)18-19-15/h2-9H,1H3,(H2,16,21). The van der Waals surface area contributed by atoms with Crippen molar-refractivity contribution in [3.8, 4) is 0 Å². The average Bonchev–Trinajstić information content (AvgIpc) is 2.54. The zero-order chi connectivity index (χ0) is 14.8. The Balaban J connectivity index is 1.95. The Labute approximate surface area is 127 Å². The number of para-hydroxylation sites is 1. The molecule has 0 aliphatic rings. The molecule has 0 saturated carbocycles. The molecule has 0 bridgehead atoms. The molecule has 0 atom stereocenters. The lowest BCUT2D eigenvalue weighted by Crippen LogP contribution is -2.14. The monoisotopic (exact) mass is 295 g/mol. The van der Waals surface area contributed by atoms with Crippen LogP contribution in [0.2, 0.25) is 0 Å². The highest BCUT2D eigenvalue weighted by atomic mass is 32.1. The van der Waals surface area contributed by atoms with Gasteiger partial charge in [0.15, 0.2) is 0 Å². The van der Waals surface area contributed by atoms with E-state index in [4.69, 9.17) is 18.0 Å². The van der Waals surface area contributed by atoms with Crippen LogP contribution >= 0.6 is 12.2 Å². The molecule has 0 unspecified atom stereocenters. The van der Waals surface area contributed by atoms with E-state index >= 15 is 0 Å². The summed E-state index contributed by atoms with van der Waals surface area (Å²) in [7, 11) is 1.89. The Hall–Kier alpha value is -2.60. The van der Waals surface area contributed by atoms with E-state index in [9.17, 15) is 0 Å². The number of hydrogen-bond acceptors (Lipinski definition) is 5. The van der Waals surface area contributed by atoms with Crippen molar-refractivity contribution < 1.29 is 0 Å². The number of thiocarbonyl (C=S) groups is 1. The molecule has 0 aliphatic carbocycles. The molecule has 5 nitrogen and oxygen atoms in total. The molecule has 0 aliphatic heterocycles. The van der Waals surface area contributed by atoms with Crippen LogP contribution in [-0.2, 0) is 0 Å². The Bertz CT molecular complexity index is 801. The fraction of sp³-hybridized carbons (Fsp3) is 0.0667. The first kappa shape index (κ1) is 13.4. The van der Waals surface area contributed by atoms with Crippen LogP contribution < -0.4 is 10.6 Å². The van der Waals surface area contributed by atoms with Crippen molar-refractivity contribution in [1.29, 1.82) is 0 Å². The summed E-state index contributed by atoms with van der Waals surface area (Å²) in [4.78, 5) is 6.76. The van der Waals surface area contributed by atoms with E-state index in [1.165, 1.54) is 0 Å². The van der Waals surface area contributed by atoms with Gasteiger partial charge in [-0.3, -0.25) is 0 Å². The predicted octanol–water partition coefficient (Wildman–Crippen LogP) is 2.43. The van der Waals surface area contributed by atoms with Gasteiger partial charge in [0, 0.05) is 18.3 Å². The zero-order valence-electron chi connectivity index (χ0n) is 11.4. The lowest BCUT2D eigenvalue weighted by molar-refractivity contribution is 0.967. The van der Waals surface area contributed by atoms with E-state index < -0.39 is 0 Å². The molecular formula is C15H13N5S. The first-order valence-electron chi connectivity index (χ1n) is 6.38. The summed E-state index contributed by atoms with van der Waals surface area (Å²) in [6, 6.07) is 15.2. The van der Waals surface area contributed by atoms with E-state index in [2.05, 4.69) is 15.2 Å². The summed E-state index contributed by atoms with van der Waals surface area (Å²) in [5.74, 6) is 0.539. The number of benzene rings is 2. The zero-order valence-corrected chi connectivity index (χ0v) is 12.2. The Morgan fingerprint density at radius 1 is 1.00 bits per heavy atom. The molecule has 1 aromatic heterocycles. The minimum absolute atomic E-state index is 0.382. The molecule has 21 heavy (non-hydrogen) atoms. The molecule has 104 valence electrons. The molecule has 0 amide bonds. The number of nitrogens with zero attached hydrogens (tertiary/aromatic N) is 4. The van der Waals surface area contributed by atoms with Crippen molar-refractivity contribution in [3.05, 3.63) is 54.1 Å². The molecule has 6 heteroatoms. The Kier molecular flexibility index (Phi) is 3.45. The van der Waals surface area contributed by atoms with Crippen LogP contribution in [0.3, 0.4) is 0 Å². The van der Waals surface area contributed by atoms with Crippen LogP contribution in [0.15, 0.2) is 48.5 Å². The molecule has 3 aromatic rings. The molecule has 0 spiro atoms. The first-order chi connectivity index (χ1) is 10.1. The van der Waals surface area contributed by atoms with Gasteiger partial charge in [0.05, 0.1) is 5.52 Å². The van der Waals surface area contributed by atoms with Gasteiger partial charge in [0.1, 0.15) is 10.5 Å². The van der Waals surface area contributed by atoms with Gasteiger partial charge in [-0.1, -0.05) is 24.4 Å². The number of aromatic nitrogens is 3. The Morgan fingerprint density at radius 3 is 2.33 bits per heavy atom. The number of hydrogen-bond donors (Lipinski definition) is 1. The van der Waals surface area contributed by atoms with Crippen molar-refractivity contribution in [1.82, 2.24) is 15.2 Å². The average molecular weight is 295 g/mol. The minimum Gasteiger partial charge on any atom is -0.389 e. The predicted molar refractivity (Wildman–Crippen MR) is 87.7 cm³/mol. The maximum absolute atomic E-state index is 5.60. The van der Waals surface area contributed by atoms with Gasteiger partial charge in [0.2, 0.25) is 5.95 Å². The molecule has 2 aromatic carbocycles. The third kappa shape index (κ3) is 2.66. The van der Waals surface area contributed by atoms with Crippen LogP contribution in [0.1, 0.15) is 5.56 Å². The van der Waals surface area contributed by atoms with Gasteiger partial charge in [-0.15, -0.1) is 10.2 Å². The molecular weight excluding hydrogens is 282 g/mol. The smallest absolute Gasteiger partial charge is 0.250 e. The second-order valence-electron chi connectivity index (χ2n) is 4.57. The molecule has 0 radical (unpaired) electrons. The molecule has 0 fully saturated rings. The highest BCUT2D eigenvalue weighted by molar-refractivity contribution is 7.80. The maximum Gasteiger partial charge on any atom is 0.250 e. The third-order valence-corrected chi connectivity index (χ3v) is 3.42. The minimum atomic E-state index is 0.382. The SMILES string of the molecule is CN(c1ccc(C(N)=S)cc1)c1nnc2ccccc2n1. The van der Waals surface area contributed by atoms with Crippen molar-refractivity contribution in [2.75, 3.05) is 11.9 Å². The fourth-order valence-corrected chi connectivity index (χ4v) is 2.11. The molecule has 1 heterocycles. The van der Waals surface area contributed by atoms with Crippen LogP contribution in [0.4, 0.5) is 11.6 Å². The van der Waals surface area contributed by atoms with Gasteiger partial charge in [-0.05, 0) is 36.4 Å². The van der Waals surface area contributed by atoms with Crippen molar-refractivity contribution in [2.24, 2.45) is 5.73 Å². The van der Waals surface area contributed by atoms with E-state index in [-0.39, 0.29) is 0 Å². The summed E-state index contributed by atoms with van der Waals surface area (Å²) in [6.45, 7) is 0. The third-order valence-electron chi connectivity index (χ3n) is 3.19. The normalized spacial score (nSPS) is 10.5. The number of nitrogens with two attached hydrogens (primary N) is 1. The second kappa shape index (κ2) is 5.41. The Morgan fingerprint density at radius 2 is 1.67 bits per heavy atom. The number of fused-ring (bicyclic) bond motifs is 1. The van der Waals surface area contributed by atoms with E-state index in [1.807, 2.05) is 60.5 Å². The van der Waals surface area contributed by atoms with Crippen LogP contribution in [0, 0.1) is 0 Å². The lowest BCUT2D eigenvalue weighted by atomic mass is 10.2. The van der Waals surface area contributed by atoms with Crippen molar-refractivity contribution >= 4 is 39.9 Å². The van der Waals surface area contributed by atoms with Gasteiger partial charge in [-0.25, -0.2) is 4.98 Å². The summed E-state index contributed by atoms with van der Waals surface area (Å²) >= 11 is 4.95. The highest BCUT2D eigenvalue weighted by Gasteiger charge is 2.09. The molecule has 0 saturated heterocycles. The summed E-state index contributed by atoms with van der Waals surface area (Å²) in [5.41, 5.74) is 8.96. The van der Waals surface area contributed by atoms with Gasteiger partial charge < -0.3 is 10.6 Å². The number of rotatable bonds is 3. The van der Waals surface area contributed by atoms with Crippen molar-refractivity contribution in [2.45, 2.75) is 0 Å². The first-order valence-corrected chi connectivity index (χ1v) is 6.79. The van der Waals surface area contributed by atoms with Gasteiger partial charge in [-0.2, -0.15) is 0 Å². The lowest BCUT2D eigenvalue weighted by Gasteiger charge is -2.17. The highest BCUT2D eigenvalue weighted by Crippen LogP contribution is 2.21. The van der Waals surface area contributed by atoms with Crippen LogP contribution in [-0.4, -0.2) is 27.2 Å². The van der Waals surface area contributed by atoms with E-state index in [1.54, 1.807) is 0 Å². The summed E-state index contributed by atoms with van der Waals surface area (Å²) in [5, 5.41) is 8.33. The molecule has 2 N–H and O–H groups in total. The summed E-state index contributed by atoms with van der Waals surface area (Å²) in [6.07, 6.45) is 0. The largest absolute Gasteiger partial charge is 0.389 e. The molecule has 3 rings (SSSR count). The van der Waals surface area contributed by atoms with E-state index in [0.717, 1.165) is 22.3 Å². The quantitative estimate of drug-likeness (QED) is 0.748. The van der Waals surface area contributed by atoms with E-state index in [0.29, 0.717) is 10.9 Å². The summed E-state index contributed by atoms with van der Waals surface area (Å²) < 4.78 is 0. The van der Waals surface area contributed by atoms with Gasteiger partial charge >= 0.3 is 0 Å². The maximum atomic E-state index is 5.60. The van der Waals surface area contributed by atoms with Crippen LogP contribution in [0.5, 0.6) is 0 Å². The number of anilines is 2.